The Balaban J connectivity index is 1.48. The second-order valence-electron chi connectivity index (χ2n) is 6.09. The van der Waals surface area contributed by atoms with E-state index >= 15 is 0 Å². The predicted molar refractivity (Wildman–Crippen MR) is 92.0 cm³/mol. The summed E-state index contributed by atoms with van der Waals surface area (Å²) in [5, 5.41) is 8.70. The smallest absolute Gasteiger partial charge is 0.270 e. The molecule has 1 aliphatic heterocycles. The van der Waals surface area contributed by atoms with E-state index in [4.69, 9.17) is 9.37 Å². The standard InChI is InChI=1S/C17H19N5O3/c1-11-16(20-25-19-11)21-5-7-22(8-6-21)17(23)15-10-12-9-13(24-2)3-4-14(12)18-15/h3-4,9-10,18H,5-8H2,1-2H3. The minimum absolute atomic E-state index is 0.00446. The Hall–Kier alpha value is -3.03. The number of rotatable bonds is 3. The largest absolute Gasteiger partial charge is 0.497 e. The summed E-state index contributed by atoms with van der Waals surface area (Å²) in [6.45, 7) is 4.53. The van der Waals surface area contributed by atoms with Crippen LogP contribution in [0.3, 0.4) is 0 Å². The highest BCUT2D eigenvalue weighted by Crippen LogP contribution is 2.23. The van der Waals surface area contributed by atoms with Crippen LogP contribution in [0.4, 0.5) is 5.82 Å². The fourth-order valence-corrected chi connectivity index (χ4v) is 3.16. The molecule has 0 saturated carbocycles. The molecule has 1 fully saturated rings. The van der Waals surface area contributed by atoms with Crippen LogP contribution in [0, 0.1) is 6.92 Å². The van der Waals surface area contributed by atoms with Crippen molar-refractivity contribution in [1.82, 2.24) is 20.2 Å². The first-order valence-corrected chi connectivity index (χ1v) is 8.16. The van der Waals surface area contributed by atoms with Crippen LogP contribution in [-0.4, -0.2) is 59.4 Å². The monoisotopic (exact) mass is 341 g/mol. The van der Waals surface area contributed by atoms with E-state index < -0.39 is 0 Å². The quantitative estimate of drug-likeness (QED) is 0.782. The van der Waals surface area contributed by atoms with Crippen LogP contribution >= 0.6 is 0 Å². The van der Waals surface area contributed by atoms with Crippen molar-refractivity contribution in [2.24, 2.45) is 0 Å². The Morgan fingerprint density at radius 1 is 1.20 bits per heavy atom. The number of piperazine rings is 1. The number of carbonyl (C=O) groups is 1. The zero-order valence-corrected chi connectivity index (χ0v) is 14.2. The van der Waals surface area contributed by atoms with E-state index in [1.54, 1.807) is 7.11 Å². The van der Waals surface area contributed by atoms with Crippen molar-refractivity contribution in [2.45, 2.75) is 6.92 Å². The van der Waals surface area contributed by atoms with Gasteiger partial charge >= 0.3 is 0 Å². The first-order valence-electron chi connectivity index (χ1n) is 8.16. The van der Waals surface area contributed by atoms with E-state index in [-0.39, 0.29) is 5.91 Å². The summed E-state index contributed by atoms with van der Waals surface area (Å²) in [6, 6.07) is 7.59. The van der Waals surface area contributed by atoms with Crippen molar-refractivity contribution in [2.75, 3.05) is 38.2 Å². The lowest BCUT2D eigenvalue weighted by molar-refractivity contribution is 0.0741. The van der Waals surface area contributed by atoms with Crippen LogP contribution in [0.5, 0.6) is 5.75 Å². The maximum Gasteiger partial charge on any atom is 0.270 e. The van der Waals surface area contributed by atoms with Crippen LogP contribution in [0.2, 0.25) is 0 Å². The number of benzene rings is 1. The van der Waals surface area contributed by atoms with E-state index in [1.165, 1.54) is 0 Å². The van der Waals surface area contributed by atoms with Crippen molar-refractivity contribution >= 4 is 22.6 Å². The lowest BCUT2D eigenvalue weighted by Gasteiger charge is -2.34. The number of nitrogens with zero attached hydrogens (tertiary/aromatic N) is 4. The van der Waals surface area contributed by atoms with E-state index in [2.05, 4.69) is 20.2 Å². The summed E-state index contributed by atoms with van der Waals surface area (Å²) < 4.78 is 9.99. The summed E-state index contributed by atoms with van der Waals surface area (Å²) >= 11 is 0. The third-order valence-electron chi connectivity index (χ3n) is 4.55. The van der Waals surface area contributed by atoms with E-state index in [1.807, 2.05) is 36.1 Å². The molecule has 4 rings (SSSR count). The maximum atomic E-state index is 12.8. The number of aromatic amines is 1. The lowest BCUT2D eigenvalue weighted by atomic mass is 10.2. The maximum absolute atomic E-state index is 12.8. The van der Waals surface area contributed by atoms with Gasteiger partial charge in [0.05, 0.1) is 7.11 Å². The molecule has 8 nitrogen and oxygen atoms in total. The number of methoxy groups -OCH3 is 1. The first kappa shape index (κ1) is 15.5. The molecule has 0 radical (unpaired) electrons. The van der Waals surface area contributed by atoms with Crippen LogP contribution in [0.1, 0.15) is 16.2 Å². The number of amides is 1. The van der Waals surface area contributed by atoms with Gasteiger partial charge in [-0.15, -0.1) is 0 Å². The number of hydrogen-bond donors (Lipinski definition) is 1. The van der Waals surface area contributed by atoms with Gasteiger partial charge in [-0.3, -0.25) is 4.79 Å². The third kappa shape index (κ3) is 2.79. The van der Waals surface area contributed by atoms with Crippen molar-refractivity contribution < 1.29 is 14.2 Å². The lowest BCUT2D eigenvalue weighted by Crippen LogP contribution is -2.49. The van der Waals surface area contributed by atoms with Crippen molar-refractivity contribution in [3.63, 3.8) is 0 Å². The highest BCUT2D eigenvalue weighted by molar-refractivity contribution is 5.98. The van der Waals surface area contributed by atoms with Gasteiger partial charge in [-0.1, -0.05) is 5.16 Å². The topological polar surface area (TPSA) is 87.5 Å². The molecule has 1 saturated heterocycles. The molecular formula is C17H19N5O3. The molecule has 0 bridgehead atoms. The molecule has 0 atom stereocenters. The van der Waals surface area contributed by atoms with Gasteiger partial charge in [-0.25, -0.2) is 4.63 Å². The number of nitrogens with one attached hydrogen (secondary N) is 1. The molecule has 0 unspecified atom stereocenters. The second-order valence-corrected chi connectivity index (χ2v) is 6.09. The van der Waals surface area contributed by atoms with E-state index in [9.17, 15) is 4.79 Å². The molecule has 1 N–H and O–H groups in total. The van der Waals surface area contributed by atoms with Crippen LogP contribution in [-0.2, 0) is 0 Å². The second kappa shape index (κ2) is 6.12. The van der Waals surface area contributed by atoms with Gasteiger partial charge in [-0.05, 0) is 36.3 Å². The number of hydrogen-bond acceptors (Lipinski definition) is 6. The highest BCUT2D eigenvalue weighted by Gasteiger charge is 2.25. The number of aryl methyl sites for hydroxylation is 1. The van der Waals surface area contributed by atoms with Crippen LogP contribution < -0.4 is 9.64 Å². The van der Waals surface area contributed by atoms with Crippen molar-refractivity contribution in [3.05, 3.63) is 35.7 Å². The SMILES string of the molecule is COc1ccc2[nH]c(C(=O)N3CCN(c4nonc4C)CC3)cc2c1. The molecule has 130 valence electrons. The van der Waals surface area contributed by atoms with Gasteiger partial charge in [0.15, 0.2) is 5.82 Å². The zero-order chi connectivity index (χ0) is 17.4. The fourth-order valence-electron chi connectivity index (χ4n) is 3.16. The van der Waals surface area contributed by atoms with Crippen LogP contribution in [0.15, 0.2) is 28.9 Å². The van der Waals surface area contributed by atoms with Crippen molar-refractivity contribution in [3.8, 4) is 5.75 Å². The molecule has 3 aromatic rings. The molecule has 8 heteroatoms. The van der Waals surface area contributed by atoms with Crippen LogP contribution in [0.25, 0.3) is 10.9 Å². The number of carbonyl (C=O) groups excluding carboxylic acids is 1. The molecule has 3 heterocycles. The molecule has 25 heavy (non-hydrogen) atoms. The molecular weight excluding hydrogens is 322 g/mol. The average molecular weight is 341 g/mol. The Morgan fingerprint density at radius 2 is 2.00 bits per heavy atom. The Bertz CT molecular complexity index is 908. The Labute approximate surface area is 144 Å². The molecule has 1 aliphatic rings. The summed E-state index contributed by atoms with van der Waals surface area (Å²) in [4.78, 5) is 19.9. The summed E-state index contributed by atoms with van der Waals surface area (Å²) in [5.41, 5.74) is 2.28. The normalized spacial score (nSPS) is 15.0. The highest BCUT2D eigenvalue weighted by atomic mass is 16.6. The van der Waals surface area contributed by atoms with Gasteiger partial charge in [0.1, 0.15) is 17.1 Å². The molecule has 1 aromatic carbocycles. The number of anilines is 1. The zero-order valence-electron chi connectivity index (χ0n) is 14.2. The number of aromatic nitrogens is 3. The van der Waals surface area contributed by atoms with Gasteiger partial charge in [0.25, 0.3) is 5.91 Å². The van der Waals surface area contributed by atoms with Gasteiger partial charge in [0, 0.05) is 37.1 Å². The third-order valence-corrected chi connectivity index (χ3v) is 4.55. The minimum atomic E-state index is 0.00446. The Morgan fingerprint density at radius 3 is 2.68 bits per heavy atom. The fraction of sp³-hybridized carbons (Fsp3) is 0.353. The van der Waals surface area contributed by atoms with Gasteiger partial charge in [-0.2, -0.15) is 0 Å². The first-order chi connectivity index (χ1) is 12.2. The summed E-state index contributed by atoms with van der Waals surface area (Å²) in [5.74, 6) is 1.53. The molecule has 0 spiro atoms. The Kier molecular flexibility index (Phi) is 3.79. The molecule has 1 amide bonds. The molecule has 0 aliphatic carbocycles. The minimum Gasteiger partial charge on any atom is -0.497 e. The number of fused-ring (bicyclic) bond motifs is 1. The van der Waals surface area contributed by atoms with E-state index in [0.717, 1.165) is 28.2 Å². The number of ether oxygens (including phenoxy) is 1. The number of H-pyrrole nitrogens is 1. The summed E-state index contributed by atoms with van der Waals surface area (Å²) in [6.07, 6.45) is 0. The average Bonchev–Trinajstić information content (AvgIpc) is 3.26. The van der Waals surface area contributed by atoms with E-state index in [0.29, 0.717) is 31.9 Å². The van der Waals surface area contributed by atoms with Gasteiger partial charge in [0.2, 0.25) is 0 Å². The molecule has 2 aromatic heterocycles. The van der Waals surface area contributed by atoms with Gasteiger partial charge < -0.3 is 19.5 Å². The van der Waals surface area contributed by atoms with Crippen molar-refractivity contribution in [1.29, 1.82) is 0 Å². The summed E-state index contributed by atoms with van der Waals surface area (Å²) in [7, 11) is 1.63. The predicted octanol–water partition coefficient (Wildman–Crippen LogP) is 1.83.